The molecule has 0 aliphatic rings. The van der Waals surface area contributed by atoms with Gasteiger partial charge in [0.2, 0.25) is 5.82 Å². The minimum atomic E-state index is 0.559. The van der Waals surface area contributed by atoms with Crippen molar-refractivity contribution >= 4 is 5.69 Å². The Bertz CT molecular complexity index is 788. The summed E-state index contributed by atoms with van der Waals surface area (Å²) in [7, 11) is 4.03. The van der Waals surface area contributed by atoms with Gasteiger partial charge in [-0.3, -0.25) is 0 Å². The molecule has 2 aromatic carbocycles. The van der Waals surface area contributed by atoms with Gasteiger partial charge in [0.05, 0.1) is 0 Å². The number of rotatable bonds is 3. The highest BCUT2D eigenvalue weighted by Gasteiger charge is 2.12. The number of benzene rings is 2. The van der Waals surface area contributed by atoms with E-state index in [9.17, 15) is 0 Å². The summed E-state index contributed by atoms with van der Waals surface area (Å²) in [6, 6.07) is 14.3. The molecule has 0 saturated carbocycles. The van der Waals surface area contributed by atoms with Crippen LogP contribution in [0.3, 0.4) is 0 Å². The molecule has 1 aromatic heterocycles. The SMILES string of the molecule is Cc1ccc(-c2nc(-c3ccc(N(C)C)cc3)no2)c(C)c1. The van der Waals surface area contributed by atoms with Crippen molar-refractivity contribution in [3.05, 3.63) is 53.6 Å². The second-order valence-corrected chi connectivity index (χ2v) is 5.68. The van der Waals surface area contributed by atoms with E-state index in [1.54, 1.807) is 0 Å². The zero-order valence-electron chi connectivity index (χ0n) is 13.3. The number of nitrogens with zero attached hydrogens (tertiary/aromatic N) is 3. The van der Waals surface area contributed by atoms with Crippen LogP contribution in [0.25, 0.3) is 22.8 Å². The van der Waals surface area contributed by atoms with Crippen molar-refractivity contribution in [3.63, 3.8) is 0 Å². The lowest BCUT2D eigenvalue weighted by atomic mass is 10.1. The fraction of sp³-hybridized carbons (Fsp3) is 0.222. The summed E-state index contributed by atoms with van der Waals surface area (Å²) in [5.41, 5.74) is 5.43. The largest absolute Gasteiger partial charge is 0.378 e. The van der Waals surface area contributed by atoms with E-state index < -0.39 is 0 Å². The second-order valence-electron chi connectivity index (χ2n) is 5.68. The van der Waals surface area contributed by atoms with Gasteiger partial charge in [-0.15, -0.1) is 0 Å². The Morgan fingerprint density at radius 2 is 1.68 bits per heavy atom. The summed E-state index contributed by atoms with van der Waals surface area (Å²) in [5.74, 6) is 1.17. The van der Waals surface area contributed by atoms with Crippen LogP contribution in [-0.2, 0) is 0 Å². The monoisotopic (exact) mass is 293 g/mol. The summed E-state index contributed by atoms with van der Waals surface area (Å²) in [6.45, 7) is 4.13. The highest BCUT2D eigenvalue weighted by Crippen LogP contribution is 2.26. The average molecular weight is 293 g/mol. The van der Waals surface area contributed by atoms with Gasteiger partial charge in [-0.2, -0.15) is 4.98 Å². The van der Waals surface area contributed by atoms with E-state index in [1.807, 2.05) is 44.4 Å². The molecule has 0 radical (unpaired) electrons. The summed E-state index contributed by atoms with van der Waals surface area (Å²) < 4.78 is 5.43. The molecule has 4 heteroatoms. The molecule has 3 rings (SSSR count). The molecule has 3 aromatic rings. The molecular formula is C18H19N3O. The van der Waals surface area contributed by atoms with Crippen LogP contribution in [0.2, 0.25) is 0 Å². The molecule has 0 atom stereocenters. The molecule has 4 nitrogen and oxygen atoms in total. The van der Waals surface area contributed by atoms with Crippen LogP contribution in [0.15, 0.2) is 47.0 Å². The van der Waals surface area contributed by atoms with Gasteiger partial charge in [0.25, 0.3) is 5.89 Å². The normalized spacial score (nSPS) is 10.7. The number of hydrogen-bond acceptors (Lipinski definition) is 4. The van der Waals surface area contributed by atoms with Gasteiger partial charge in [-0.1, -0.05) is 22.9 Å². The Balaban J connectivity index is 1.93. The molecule has 1 heterocycles. The first-order chi connectivity index (χ1) is 10.5. The van der Waals surface area contributed by atoms with Gasteiger partial charge >= 0.3 is 0 Å². The van der Waals surface area contributed by atoms with Crippen molar-refractivity contribution in [2.24, 2.45) is 0 Å². The van der Waals surface area contributed by atoms with Crippen LogP contribution in [0.1, 0.15) is 11.1 Å². The standard InChI is InChI=1S/C18H19N3O/c1-12-5-10-16(13(2)11-12)18-19-17(20-22-18)14-6-8-15(9-7-14)21(3)4/h5-11H,1-4H3. The summed E-state index contributed by atoms with van der Waals surface area (Å²) in [4.78, 5) is 6.58. The van der Waals surface area contributed by atoms with Crippen molar-refractivity contribution in [1.29, 1.82) is 0 Å². The molecular weight excluding hydrogens is 274 g/mol. The molecule has 0 amide bonds. The number of hydrogen-bond donors (Lipinski definition) is 0. The summed E-state index contributed by atoms with van der Waals surface area (Å²) in [6.07, 6.45) is 0. The van der Waals surface area contributed by atoms with Crippen LogP contribution in [0.5, 0.6) is 0 Å². The van der Waals surface area contributed by atoms with Gasteiger partial charge in [0, 0.05) is 30.9 Å². The van der Waals surface area contributed by atoms with E-state index in [4.69, 9.17) is 4.52 Å². The predicted molar refractivity (Wildman–Crippen MR) is 89.0 cm³/mol. The van der Waals surface area contributed by atoms with Gasteiger partial charge in [-0.25, -0.2) is 0 Å². The predicted octanol–water partition coefficient (Wildman–Crippen LogP) is 4.09. The Hall–Kier alpha value is -2.62. The fourth-order valence-electron chi connectivity index (χ4n) is 2.41. The molecule has 0 saturated heterocycles. The first kappa shape index (κ1) is 14.3. The Morgan fingerprint density at radius 1 is 0.955 bits per heavy atom. The first-order valence-electron chi connectivity index (χ1n) is 7.23. The smallest absolute Gasteiger partial charge is 0.258 e. The molecule has 0 aliphatic carbocycles. The van der Waals surface area contributed by atoms with Crippen molar-refractivity contribution in [2.45, 2.75) is 13.8 Å². The summed E-state index contributed by atoms with van der Waals surface area (Å²) in [5, 5.41) is 4.10. The topological polar surface area (TPSA) is 42.2 Å². The second kappa shape index (κ2) is 5.64. The van der Waals surface area contributed by atoms with E-state index >= 15 is 0 Å². The van der Waals surface area contributed by atoms with Crippen LogP contribution in [-0.4, -0.2) is 24.2 Å². The molecule has 0 fully saturated rings. The van der Waals surface area contributed by atoms with E-state index in [0.717, 1.165) is 22.4 Å². The third-order valence-corrected chi connectivity index (χ3v) is 3.68. The molecule has 0 N–H and O–H groups in total. The van der Waals surface area contributed by atoms with Gasteiger partial charge in [-0.05, 0) is 49.7 Å². The van der Waals surface area contributed by atoms with Crippen LogP contribution in [0, 0.1) is 13.8 Å². The minimum Gasteiger partial charge on any atom is -0.378 e. The van der Waals surface area contributed by atoms with Crippen molar-refractivity contribution in [2.75, 3.05) is 19.0 Å². The quantitative estimate of drug-likeness (QED) is 0.729. The molecule has 112 valence electrons. The number of aromatic nitrogens is 2. The highest BCUT2D eigenvalue weighted by molar-refractivity contribution is 5.64. The Labute approximate surface area is 130 Å². The average Bonchev–Trinajstić information content (AvgIpc) is 2.97. The van der Waals surface area contributed by atoms with Gasteiger partial charge in [0.1, 0.15) is 0 Å². The Morgan fingerprint density at radius 3 is 2.32 bits per heavy atom. The van der Waals surface area contributed by atoms with Gasteiger partial charge < -0.3 is 9.42 Å². The lowest BCUT2D eigenvalue weighted by Crippen LogP contribution is -2.07. The zero-order chi connectivity index (χ0) is 15.7. The van der Waals surface area contributed by atoms with Crippen molar-refractivity contribution in [1.82, 2.24) is 10.1 Å². The highest BCUT2D eigenvalue weighted by atomic mass is 16.5. The maximum Gasteiger partial charge on any atom is 0.258 e. The summed E-state index contributed by atoms with van der Waals surface area (Å²) >= 11 is 0. The maximum atomic E-state index is 5.43. The molecule has 0 aliphatic heterocycles. The molecule has 22 heavy (non-hydrogen) atoms. The first-order valence-corrected chi connectivity index (χ1v) is 7.23. The fourth-order valence-corrected chi connectivity index (χ4v) is 2.41. The third-order valence-electron chi connectivity index (χ3n) is 3.68. The zero-order valence-corrected chi connectivity index (χ0v) is 13.3. The third kappa shape index (κ3) is 2.72. The minimum absolute atomic E-state index is 0.559. The van der Waals surface area contributed by atoms with Crippen molar-refractivity contribution < 1.29 is 4.52 Å². The lowest BCUT2D eigenvalue weighted by molar-refractivity contribution is 0.432. The van der Waals surface area contributed by atoms with Gasteiger partial charge in [0.15, 0.2) is 0 Å². The molecule has 0 spiro atoms. The number of aryl methyl sites for hydroxylation is 2. The molecule has 0 unspecified atom stereocenters. The van der Waals surface area contributed by atoms with E-state index in [2.05, 4.69) is 41.0 Å². The maximum absolute atomic E-state index is 5.43. The lowest BCUT2D eigenvalue weighted by Gasteiger charge is -2.11. The van der Waals surface area contributed by atoms with Crippen LogP contribution in [0.4, 0.5) is 5.69 Å². The van der Waals surface area contributed by atoms with E-state index in [1.165, 1.54) is 5.56 Å². The van der Waals surface area contributed by atoms with E-state index in [-0.39, 0.29) is 0 Å². The van der Waals surface area contributed by atoms with Crippen molar-refractivity contribution in [3.8, 4) is 22.8 Å². The van der Waals surface area contributed by atoms with E-state index in [0.29, 0.717) is 11.7 Å². The van der Waals surface area contributed by atoms with Crippen LogP contribution >= 0.6 is 0 Å². The van der Waals surface area contributed by atoms with Crippen LogP contribution < -0.4 is 4.90 Å². The Kier molecular flexibility index (Phi) is 3.67. The number of anilines is 1. The molecule has 0 bridgehead atoms.